The second-order valence-electron chi connectivity index (χ2n) is 6.36. The Bertz CT molecular complexity index is 717. The predicted octanol–water partition coefficient (Wildman–Crippen LogP) is 5.54. The number of hydrogen-bond donors (Lipinski definition) is 0. The number of halogens is 1. The molecule has 0 bridgehead atoms. The fraction of sp³-hybridized carbons (Fsp3) is 0.364. The monoisotopic (exact) mass is 354 g/mol. The van der Waals surface area contributed by atoms with E-state index in [4.69, 9.17) is 21.1 Å². The summed E-state index contributed by atoms with van der Waals surface area (Å²) < 4.78 is 11.4. The summed E-state index contributed by atoms with van der Waals surface area (Å²) in [5.41, 5.74) is 3.24. The minimum atomic E-state index is -0.409. The molecule has 0 N–H and O–H groups in total. The molecule has 0 spiro atoms. The second kappa shape index (κ2) is 9.06. The van der Waals surface area contributed by atoms with Gasteiger partial charge in [-0.25, -0.2) is 0 Å². The van der Waals surface area contributed by atoms with Crippen molar-refractivity contribution in [3.8, 4) is 23.0 Å². The Labute approximate surface area is 155 Å². The van der Waals surface area contributed by atoms with Crippen LogP contribution in [0.3, 0.4) is 0 Å². The first-order valence-electron chi connectivity index (χ1n) is 8.85. The standard InChI is InChI=1S/C22H23ClO2/c1-2-3-4-18-15-24-22(25-16-18)14-7-17-5-8-19(9-6-17)20-10-12-21(23)13-11-20/h5-6,8-13,18,22H,2-4,15-16H2,1H3/t18-,22-. The maximum absolute atomic E-state index is 5.93. The van der Waals surface area contributed by atoms with Crippen LogP contribution in [-0.2, 0) is 9.47 Å². The van der Waals surface area contributed by atoms with Gasteiger partial charge < -0.3 is 9.47 Å². The van der Waals surface area contributed by atoms with Gasteiger partial charge in [-0.05, 0) is 47.7 Å². The van der Waals surface area contributed by atoms with Gasteiger partial charge in [0.15, 0.2) is 0 Å². The molecule has 2 aromatic carbocycles. The van der Waals surface area contributed by atoms with Crippen molar-refractivity contribution in [1.29, 1.82) is 0 Å². The van der Waals surface area contributed by atoms with E-state index in [-0.39, 0.29) is 0 Å². The number of rotatable bonds is 4. The highest BCUT2D eigenvalue weighted by atomic mass is 35.5. The summed E-state index contributed by atoms with van der Waals surface area (Å²) in [4.78, 5) is 0. The molecular formula is C22H23ClO2. The van der Waals surface area contributed by atoms with Gasteiger partial charge in [0.1, 0.15) is 0 Å². The van der Waals surface area contributed by atoms with Crippen molar-refractivity contribution in [2.45, 2.75) is 32.5 Å². The molecule has 0 saturated carbocycles. The lowest BCUT2D eigenvalue weighted by Gasteiger charge is -2.26. The smallest absolute Gasteiger partial charge is 0.222 e. The van der Waals surface area contributed by atoms with E-state index in [2.05, 4.69) is 30.9 Å². The molecule has 0 unspecified atom stereocenters. The largest absolute Gasteiger partial charge is 0.342 e. The van der Waals surface area contributed by atoms with Crippen molar-refractivity contribution in [1.82, 2.24) is 0 Å². The average Bonchev–Trinajstić information content (AvgIpc) is 2.67. The zero-order valence-corrected chi connectivity index (χ0v) is 15.3. The molecule has 1 aliphatic rings. The van der Waals surface area contributed by atoms with Crippen LogP contribution in [0, 0.1) is 17.8 Å². The maximum atomic E-state index is 5.93. The summed E-state index contributed by atoms with van der Waals surface area (Å²) in [5.74, 6) is 6.72. The zero-order chi connectivity index (χ0) is 17.5. The lowest BCUT2D eigenvalue weighted by molar-refractivity contribution is -0.170. The second-order valence-corrected chi connectivity index (χ2v) is 6.80. The lowest BCUT2D eigenvalue weighted by atomic mass is 10.0. The molecule has 0 radical (unpaired) electrons. The Morgan fingerprint density at radius 2 is 1.56 bits per heavy atom. The van der Waals surface area contributed by atoms with Crippen molar-refractivity contribution in [3.63, 3.8) is 0 Å². The van der Waals surface area contributed by atoms with Crippen LogP contribution in [0.1, 0.15) is 31.7 Å². The van der Waals surface area contributed by atoms with E-state index in [1.807, 2.05) is 36.4 Å². The first-order valence-corrected chi connectivity index (χ1v) is 9.23. The van der Waals surface area contributed by atoms with Crippen LogP contribution in [0.2, 0.25) is 5.02 Å². The van der Waals surface area contributed by atoms with E-state index >= 15 is 0 Å². The normalized spacial score (nSPS) is 19.9. The minimum absolute atomic E-state index is 0.409. The summed E-state index contributed by atoms with van der Waals surface area (Å²) in [6, 6.07) is 16.0. The summed E-state index contributed by atoms with van der Waals surface area (Å²) in [6.07, 6.45) is 3.20. The van der Waals surface area contributed by atoms with Gasteiger partial charge in [-0.3, -0.25) is 0 Å². The fourth-order valence-corrected chi connectivity index (χ4v) is 2.94. The van der Waals surface area contributed by atoms with E-state index in [1.54, 1.807) is 0 Å². The van der Waals surface area contributed by atoms with Crippen molar-refractivity contribution < 1.29 is 9.47 Å². The summed E-state index contributed by atoms with van der Waals surface area (Å²) in [6.45, 7) is 3.70. The molecule has 1 fully saturated rings. The molecule has 1 aliphatic heterocycles. The third-order valence-corrected chi connectivity index (χ3v) is 4.58. The molecule has 3 heteroatoms. The number of unbranched alkanes of at least 4 members (excludes halogenated alkanes) is 1. The van der Waals surface area contributed by atoms with Crippen molar-refractivity contribution >= 4 is 11.6 Å². The number of benzene rings is 2. The van der Waals surface area contributed by atoms with Gasteiger partial charge in [0.25, 0.3) is 0 Å². The summed E-state index contributed by atoms with van der Waals surface area (Å²) >= 11 is 5.93. The molecule has 0 atom stereocenters. The van der Waals surface area contributed by atoms with E-state index in [0.717, 1.165) is 34.9 Å². The highest BCUT2D eigenvalue weighted by Crippen LogP contribution is 2.22. The fourth-order valence-electron chi connectivity index (χ4n) is 2.82. The van der Waals surface area contributed by atoms with E-state index < -0.39 is 6.29 Å². The van der Waals surface area contributed by atoms with Crippen molar-refractivity contribution in [3.05, 3.63) is 59.1 Å². The maximum Gasteiger partial charge on any atom is 0.222 e. The van der Waals surface area contributed by atoms with Crippen LogP contribution in [0.15, 0.2) is 48.5 Å². The van der Waals surface area contributed by atoms with Gasteiger partial charge in [-0.1, -0.05) is 61.6 Å². The van der Waals surface area contributed by atoms with Crippen LogP contribution in [0.25, 0.3) is 11.1 Å². The first kappa shape index (κ1) is 18.0. The molecule has 3 rings (SSSR count). The van der Waals surface area contributed by atoms with E-state index in [1.165, 1.54) is 19.3 Å². The highest BCUT2D eigenvalue weighted by molar-refractivity contribution is 6.30. The average molecular weight is 355 g/mol. The van der Waals surface area contributed by atoms with Crippen molar-refractivity contribution in [2.75, 3.05) is 13.2 Å². The molecule has 2 nitrogen and oxygen atoms in total. The number of hydrogen-bond acceptors (Lipinski definition) is 2. The van der Waals surface area contributed by atoms with E-state index in [0.29, 0.717) is 5.92 Å². The Kier molecular flexibility index (Phi) is 6.53. The number of ether oxygens (including phenoxy) is 2. The quantitative estimate of drug-likeness (QED) is 0.671. The lowest BCUT2D eigenvalue weighted by Crippen LogP contribution is -2.31. The molecule has 2 aromatic rings. The van der Waals surface area contributed by atoms with Gasteiger partial charge in [-0.15, -0.1) is 0 Å². The Morgan fingerprint density at radius 1 is 0.960 bits per heavy atom. The molecule has 1 heterocycles. The van der Waals surface area contributed by atoms with Crippen LogP contribution in [0.4, 0.5) is 0 Å². The predicted molar refractivity (Wildman–Crippen MR) is 102 cm³/mol. The highest BCUT2D eigenvalue weighted by Gasteiger charge is 2.20. The van der Waals surface area contributed by atoms with Gasteiger partial charge in [-0.2, -0.15) is 0 Å². The first-order chi connectivity index (χ1) is 12.2. The third kappa shape index (κ3) is 5.34. The van der Waals surface area contributed by atoms with Crippen LogP contribution in [0.5, 0.6) is 0 Å². The molecule has 1 saturated heterocycles. The zero-order valence-electron chi connectivity index (χ0n) is 14.5. The van der Waals surface area contributed by atoms with Crippen LogP contribution in [-0.4, -0.2) is 19.5 Å². The van der Waals surface area contributed by atoms with Crippen LogP contribution < -0.4 is 0 Å². The molecule has 0 amide bonds. The van der Waals surface area contributed by atoms with Crippen molar-refractivity contribution in [2.24, 2.45) is 5.92 Å². The van der Waals surface area contributed by atoms with E-state index in [9.17, 15) is 0 Å². The molecule has 0 aromatic heterocycles. The van der Waals surface area contributed by atoms with Gasteiger partial charge in [0, 0.05) is 16.5 Å². The molecule has 0 aliphatic carbocycles. The van der Waals surface area contributed by atoms with Gasteiger partial charge >= 0.3 is 0 Å². The van der Waals surface area contributed by atoms with Crippen LogP contribution >= 0.6 is 11.6 Å². The molecule has 25 heavy (non-hydrogen) atoms. The molecular weight excluding hydrogens is 332 g/mol. The SMILES string of the molecule is CCCC[C@H]1CO[C@H](C#Cc2ccc(-c3ccc(Cl)cc3)cc2)OC1. The third-order valence-electron chi connectivity index (χ3n) is 4.33. The minimum Gasteiger partial charge on any atom is -0.342 e. The Hall–Kier alpha value is -1.79. The Balaban J connectivity index is 1.56. The topological polar surface area (TPSA) is 18.5 Å². The van der Waals surface area contributed by atoms with Gasteiger partial charge in [0.05, 0.1) is 13.2 Å². The van der Waals surface area contributed by atoms with Gasteiger partial charge in [0.2, 0.25) is 6.29 Å². The summed E-state index contributed by atoms with van der Waals surface area (Å²) in [7, 11) is 0. The Morgan fingerprint density at radius 3 is 2.16 bits per heavy atom. The summed E-state index contributed by atoms with van der Waals surface area (Å²) in [5, 5.41) is 0.746. The molecule has 130 valence electrons.